The van der Waals surface area contributed by atoms with E-state index in [0.29, 0.717) is 17.4 Å². The zero-order chi connectivity index (χ0) is 25.0. The van der Waals surface area contributed by atoms with Gasteiger partial charge in [-0.1, -0.05) is 69.8 Å². The molecule has 0 spiro atoms. The molecule has 0 fully saturated rings. The van der Waals surface area contributed by atoms with E-state index in [4.69, 9.17) is 9.84 Å². The van der Waals surface area contributed by atoms with Crippen molar-refractivity contribution in [3.8, 4) is 0 Å². The first-order chi connectivity index (χ1) is 15.6. The Morgan fingerprint density at radius 3 is 2.00 bits per heavy atom. The van der Waals surface area contributed by atoms with Gasteiger partial charge >= 0.3 is 11.9 Å². The third kappa shape index (κ3) is 23.3. The topological polar surface area (TPSA) is 83.8 Å². The maximum Gasteiger partial charge on any atom is 0.308 e. The summed E-state index contributed by atoms with van der Waals surface area (Å²) in [5.74, 6) is -1.53. The number of rotatable bonds is 21. The fourth-order valence-corrected chi connectivity index (χ4v) is 3.67. The molecular formula is C27H50NO5+. The summed E-state index contributed by atoms with van der Waals surface area (Å²) in [7, 11) is 5.75. The number of aliphatic hydroxyl groups is 1. The third-order valence-corrected chi connectivity index (χ3v) is 5.34. The molecule has 0 aromatic carbocycles. The van der Waals surface area contributed by atoms with E-state index in [-0.39, 0.29) is 12.8 Å². The number of unbranched alkanes of at least 4 members (excludes halogenated alkanes) is 8. The highest BCUT2D eigenvalue weighted by Crippen LogP contribution is 2.12. The lowest BCUT2D eigenvalue weighted by atomic mass is 10.1. The van der Waals surface area contributed by atoms with Gasteiger partial charge in [-0.3, -0.25) is 9.59 Å². The standard InChI is InChI=1S/C27H49NO5/c1-5-6-7-8-9-10-11-12-13-14-15-16-17-18-19-20-24(29)21-27(32)33-25(22-26(30)31)23-28(2,3)4/h12-13,15-16,24-25,29H,5-11,14,17-23H2,1-4H3/p+1/b13-12+,16-15+. The lowest BCUT2D eigenvalue weighted by molar-refractivity contribution is -0.873. The molecule has 0 saturated carbocycles. The highest BCUT2D eigenvalue weighted by molar-refractivity contribution is 5.71. The van der Waals surface area contributed by atoms with Crippen molar-refractivity contribution >= 4 is 11.9 Å². The van der Waals surface area contributed by atoms with Gasteiger partial charge in [0.2, 0.25) is 0 Å². The van der Waals surface area contributed by atoms with Crippen LogP contribution in [0.2, 0.25) is 0 Å². The molecule has 0 aromatic heterocycles. The fraction of sp³-hybridized carbons (Fsp3) is 0.778. The number of quaternary nitrogens is 1. The Morgan fingerprint density at radius 1 is 0.848 bits per heavy atom. The average molecular weight is 469 g/mol. The molecule has 0 saturated heterocycles. The molecule has 0 aliphatic heterocycles. The molecule has 192 valence electrons. The molecule has 6 heteroatoms. The minimum atomic E-state index is -0.997. The average Bonchev–Trinajstić information content (AvgIpc) is 2.68. The normalized spacial score (nSPS) is 14.1. The second-order valence-electron chi connectivity index (χ2n) is 10.1. The summed E-state index contributed by atoms with van der Waals surface area (Å²) in [5, 5.41) is 19.1. The zero-order valence-electron chi connectivity index (χ0n) is 21.6. The smallest absolute Gasteiger partial charge is 0.308 e. The number of likely N-dealkylation sites (N-methyl/N-ethyl adjacent to an activating group) is 1. The van der Waals surface area contributed by atoms with E-state index in [2.05, 4.69) is 31.2 Å². The SMILES string of the molecule is CCCCCCCC/C=C/C/C=C/CCCCC(O)CC(=O)OC(CC(=O)O)C[N+](C)(C)C. The van der Waals surface area contributed by atoms with Gasteiger partial charge in [0.05, 0.1) is 40.1 Å². The van der Waals surface area contributed by atoms with Gasteiger partial charge in [-0.05, 0) is 38.5 Å². The third-order valence-electron chi connectivity index (χ3n) is 5.34. The number of hydrogen-bond acceptors (Lipinski definition) is 4. The van der Waals surface area contributed by atoms with Gasteiger partial charge in [-0.15, -0.1) is 0 Å². The van der Waals surface area contributed by atoms with Crippen LogP contribution in [0.1, 0.15) is 96.8 Å². The summed E-state index contributed by atoms with van der Waals surface area (Å²) in [4.78, 5) is 23.1. The molecule has 0 aliphatic rings. The van der Waals surface area contributed by atoms with E-state index in [0.717, 1.165) is 25.7 Å². The number of nitrogens with zero attached hydrogens (tertiary/aromatic N) is 1. The van der Waals surface area contributed by atoms with Crippen molar-refractivity contribution in [3.63, 3.8) is 0 Å². The number of carbonyl (C=O) groups is 2. The summed E-state index contributed by atoms with van der Waals surface area (Å²) in [5.41, 5.74) is 0. The van der Waals surface area contributed by atoms with Crippen molar-refractivity contribution in [1.29, 1.82) is 0 Å². The second kappa shape index (κ2) is 19.8. The number of aliphatic hydroxyl groups excluding tert-OH is 1. The Balaban J connectivity index is 3.85. The van der Waals surface area contributed by atoms with Crippen LogP contribution in [0.25, 0.3) is 0 Å². The van der Waals surface area contributed by atoms with Crippen LogP contribution in [0, 0.1) is 0 Å². The number of carboxylic acid groups (broad SMARTS) is 1. The van der Waals surface area contributed by atoms with E-state index in [1.54, 1.807) is 0 Å². The molecule has 0 bridgehead atoms. The van der Waals surface area contributed by atoms with Crippen LogP contribution in [0.4, 0.5) is 0 Å². The predicted octanol–water partition coefficient (Wildman–Crippen LogP) is 5.64. The quantitative estimate of drug-likeness (QED) is 0.0985. The highest BCUT2D eigenvalue weighted by Gasteiger charge is 2.25. The van der Waals surface area contributed by atoms with Crippen LogP contribution in [0.5, 0.6) is 0 Å². The summed E-state index contributed by atoms with van der Waals surface area (Å²) in [6.45, 7) is 2.66. The number of aliphatic carboxylic acids is 1. The lowest BCUT2D eigenvalue weighted by Crippen LogP contribution is -2.44. The summed E-state index contributed by atoms with van der Waals surface area (Å²) in [6.07, 6.45) is 20.6. The Bertz CT molecular complexity index is 565. The molecule has 6 nitrogen and oxygen atoms in total. The maximum absolute atomic E-state index is 12.1. The molecule has 0 aromatic rings. The predicted molar refractivity (Wildman–Crippen MR) is 135 cm³/mol. The van der Waals surface area contributed by atoms with Gasteiger partial charge in [0, 0.05) is 0 Å². The van der Waals surface area contributed by atoms with Crippen LogP contribution >= 0.6 is 0 Å². The largest absolute Gasteiger partial charge is 0.481 e. The first-order valence-corrected chi connectivity index (χ1v) is 12.8. The van der Waals surface area contributed by atoms with Gasteiger partial charge in [0.15, 0.2) is 6.10 Å². The van der Waals surface area contributed by atoms with E-state index < -0.39 is 24.1 Å². The Labute approximate surface area is 202 Å². The van der Waals surface area contributed by atoms with Crippen molar-refractivity contribution in [3.05, 3.63) is 24.3 Å². The molecule has 0 heterocycles. The van der Waals surface area contributed by atoms with Crippen molar-refractivity contribution in [1.82, 2.24) is 0 Å². The van der Waals surface area contributed by atoms with E-state index in [1.165, 1.54) is 44.9 Å². The monoisotopic (exact) mass is 468 g/mol. The number of allylic oxidation sites excluding steroid dienone is 4. The molecule has 0 aliphatic carbocycles. The van der Waals surface area contributed by atoms with E-state index >= 15 is 0 Å². The van der Waals surface area contributed by atoms with Crippen molar-refractivity contribution < 1.29 is 29.0 Å². The van der Waals surface area contributed by atoms with Crippen LogP contribution in [0.3, 0.4) is 0 Å². The molecule has 2 atom stereocenters. The summed E-state index contributed by atoms with van der Waals surface area (Å²) in [6, 6.07) is 0. The van der Waals surface area contributed by atoms with Crippen molar-refractivity contribution in [2.45, 2.75) is 109 Å². The fourth-order valence-electron chi connectivity index (χ4n) is 3.67. The molecule has 2 N–H and O–H groups in total. The summed E-state index contributed by atoms with van der Waals surface area (Å²) >= 11 is 0. The lowest BCUT2D eigenvalue weighted by Gasteiger charge is -2.28. The molecule has 0 rings (SSSR count). The molecular weight excluding hydrogens is 418 g/mol. The van der Waals surface area contributed by atoms with Gasteiger partial charge in [0.25, 0.3) is 0 Å². The van der Waals surface area contributed by atoms with Gasteiger partial charge < -0.3 is 19.4 Å². The number of carboxylic acids is 1. The van der Waals surface area contributed by atoms with Crippen molar-refractivity contribution in [2.24, 2.45) is 0 Å². The van der Waals surface area contributed by atoms with E-state index in [1.807, 2.05) is 21.1 Å². The second-order valence-corrected chi connectivity index (χ2v) is 10.1. The molecule has 0 amide bonds. The minimum Gasteiger partial charge on any atom is -0.481 e. The van der Waals surface area contributed by atoms with Crippen molar-refractivity contribution in [2.75, 3.05) is 27.7 Å². The Kier molecular flexibility index (Phi) is 18.8. The maximum atomic E-state index is 12.1. The number of carbonyl (C=O) groups excluding carboxylic acids is 1. The first kappa shape index (κ1) is 31.3. The molecule has 2 unspecified atom stereocenters. The number of ether oxygens (including phenoxy) is 1. The Morgan fingerprint density at radius 2 is 1.42 bits per heavy atom. The van der Waals surface area contributed by atoms with Crippen LogP contribution < -0.4 is 0 Å². The Hall–Kier alpha value is -1.66. The minimum absolute atomic E-state index is 0.0908. The van der Waals surface area contributed by atoms with Gasteiger partial charge in [-0.25, -0.2) is 0 Å². The van der Waals surface area contributed by atoms with Crippen LogP contribution in [-0.4, -0.2) is 66.5 Å². The van der Waals surface area contributed by atoms with E-state index in [9.17, 15) is 14.7 Å². The van der Waals surface area contributed by atoms with Crippen LogP contribution in [-0.2, 0) is 14.3 Å². The van der Waals surface area contributed by atoms with Gasteiger partial charge in [0.1, 0.15) is 6.54 Å². The van der Waals surface area contributed by atoms with Crippen LogP contribution in [0.15, 0.2) is 24.3 Å². The van der Waals surface area contributed by atoms with Gasteiger partial charge in [-0.2, -0.15) is 0 Å². The summed E-state index contributed by atoms with van der Waals surface area (Å²) < 4.78 is 5.82. The zero-order valence-corrected chi connectivity index (χ0v) is 21.6. The number of hydrogen-bond donors (Lipinski definition) is 2. The highest BCUT2D eigenvalue weighted by atomic mass is 16.5. The molecule has 33 heavy (non-hydrogen) atoms. The first-order valence-electron chi connectivity index (χ1n) is 12.8. The molecule has 0 radical (unpaired) electrons. The number of esters is 1.